The quantitative estimate of drug-likeness (QED) is 0.0282. The van der Waals surface area contributed by atoms with Gasteiger partial charge in [-0.25, -0.2) is 4.57 Å². The van der Waals surface area contributed by atoms with Crippen LogP contribution in [0.4, 0.5) is 0 Å². The van der Waals surface area contributed by atoms with Crippen LogP contribution in [0.25, 0.3) is 0 Å². The Balaban J connectivity index is 3.99. The maximum absolute atomic E-state index is 12.5. The van der Waals surface area contributed by atoms with Gasteiger partial charge in [0.25, 0.3) is 0 Å². The SMILES string of the molecule is CC/C=C\C/C=C\C/C=C\C/C=C\CCCCCCC(=O)OC(COC(=O)CCCCCCCCCCCCCCCCCCCCC)COP(=O)(O)OC. The molecular weight excluding hydrogens is 711 g/mol. The molecular formula is C46H83O8P. The number of phosphoric acid groups is 1. The molecule has 0 fully saturated rings. The van der Waals surface area contributed by atoms with E-state index in [0.717, 1.165) is 77.7 Å². The van der Waals surface area contributed by atoms with Crippen LogP contribution in [-0.4, -0.2) is 43.3 Å². The summed E-state index contributed by atoms with van der Waals surface area (Å²) >= 11 is 0. The second-order valence-corrected chi connectivity index (χ2v) is 16.4. The lowest BCUT2D eigenvalue weighted by atomic mass is 10.0. The molecule has 0 bridgehead atoms. The fraction of sp³-hybridized carbons (Fsp3) is 0.783. The maximum atomic E-state index is 12.5. The van der Waals surface area contributed by atoms with Gasteiger partial charge < -0.3 is 14.4 Å². The molecule has 8 nitrogen and oxygen atoms in total. The van der Waals surface area contributed by atoms with Crippen molar-refractivity contribution < 1.29 is 37.6 Å². The maximum Gasteiger partial charge on any atom is 0.472 e. The molecule has 0 amide bonds. The topological polar surface area (TPSA) is 108 Å². The van der Waals surface area contributed by atoms with Crippen molar-refractivity contribution in [3.8, 4) is 0 Å². The first kappa shape index (κ1) is 53.0. The van der Waals surface area contributed by atoms with Crippen LogP contribution in [0.5, 0.6) is 0 Å². The Bertz CT molecular complexity index is 1040. The summed E-state index contributed by atoms with van der Waals surface area (Å²) in [7, 11) is -3.21. The van der Waals surface area contributed by atoms with Gasteiger partial charge in [0.05, 0.1) is 6.61 Å². The second kappa shape index (κ2) is 41.6. The minimum Gasteiger partial charge on any atom is -0.462 e. The molecule has 0 rings (SSSR count). The third-order valence-corrected chi connectivity index (χ3v) is 10.5. The van der Waals surface area contributed by atoms with E-state index in [0.29, 0.717) is 6.42 Å². The number of carbonyl (C=O) groups excluding carboxylic acids is 2. The molecule has 0 aliphatic rings. The number of phosphoric ester groups is 1. The minimum atomic E-state index is -4.27. The summed E-state index contributed by atoms with van der Waals surface area (Å²) < 4.78 is 32.0. The summed E-state index contributed by atoms with van der Waals surface area (Å²) in [6, 6.07) is 0. The average Bonchev–Trinajstić information content (AvgIpc) is 3.18. The highest BCUT2D eigenvalue weighted by Crippen LogP contribution is 2.42. The summed E-state index contributed by atoms with van der Waals surface area (Å²) in [6.07, 6.45) is 50.2. The van der Waals surface area contributed by atoms with Crippen LogP contribution >= 0.6 is 7.82 Å². The normalized spacial score (nSPS) is 13.7. The lowest BCUT2D eigenvalue weighted by Crippen LogP contribution is -2.29. The zero-order valence-corrected chi connectivity index (χ0v) is 36.5. The molecule has 320 valence electrons. The largest absolute Gasteiger partial charge is 0.472 e. The van der Waals surface area contributed by atoms with Gasteiger partial charge in [0, 0.05) is 20.0 Å². The van der Waals surface area contributed by atoms with E-state index in [9.17, 15) is 19.0 Å². The van der Waals surface area contributed by atoms with Gasteiger partial charge in [0.2, 0.25) is 0 Å². The predicted molar refractivity (Wildman–Crippen MR) is 230 cm³/mol. The van der Waals surface area contributed by atoms with Crippen molar-refractivity contribution >= 4 is 19.8 Å². The van der Waals surface area contributed by atoms with Crippen LogP contribution < -0.4 is 0 Å². The Morgan fingerprint density at radius 2 is 0.927 bits per heavy atom. The molecule has 0 aliphatic carbocycles. The predicted octanol–water partition coefficient (Wildman–Crippen LogP) is 14.2. The fourth-order valence-electron chi connectivity index (χ4n) is 6.18. The van der Waals surface area contributed by atoms with Gasteiger partial charge >= 0.3 is 19.8 Å². The number of ether oxygens (including phenoxy) is 2. The number of hydrogen-bond acceptors (Lipinski definition) is 7. The zero-order valence-electron chi connectivity index (χ0n) is 35.6. The number of carbonyl (C=O) groups is 2. The van der Waals surface area contributed by atoms with Gasteiger partial charge in [-0.1, -0.05) is 191 Å². The van der Waals surface area contributed by atoms with Crippen molar-refractivity contribution in [1.82, 2.24) is 0 Å². The summed E-state index contributed by atoms with van der Waals surface area (Å²) in [5, 5.41) is 0. The van der Waals surface area contributed by atoms with E-state index in [1.165, 1.54) is 103 Å². The van der Waals surface area contributed by atoms with Gasteiger partial charge in [-0.15, -0.1) is 0 Å². The first-order chi connectivity index (χ1) is 26.8. The molecule has 0 radical (unpaired) electrons. The van der Waals surface area contributed by atoms with Gasteiger partial charge in [0.1, 0.15) is 6.61 Å². The molecule has 1 N–H and O–H groups in total. The van der Waals surface area contributed by atoms with Crippen LogP contribution in [0.1, 0.15) is 206 Å². The molecule has 0 heterocycles. The lowest BCUT2D eigenvalue weighted by molar-refractivity contribution is -0.161. The Morgan fingerprint density at radius 1 is 0.527 bits per heavy atom. The highest BCUT2D eigenvalue weighted by molar-refractivity contribution is 7.47. The van der Waals surface area contributed by atoms with E-state index >= 15 is 0 Å². The van der Waals surface area contributed by atoms with Crippen LogP contribution in [-0.2, 0) is 32.7 Å². The third kappa shape index (κ3) is 41.5. The Labute approximate surface area is 338 Å². The highest BCUT2D eigenvalue weighted by atomic mass is 31.2. The van der Waals surface area contributed by atoms with Crippen molar-refractivity contribution in [3.63, 3.8) is 0 Å². The molecule has 0 aromatic carbocycles. The lowest BCUT2D eigenvalue weighted by Gasteiger charge is -2.19. The molecule has 0 aromatic heterocycles. The van der Waals surface area contributed by atoms with Crippen LogP contribution in [0.2, 0.25) is 0 Å². The molecule has 0 aliphatic heterocycles. The molecule has 9 heteroatoms. The van der Waals surface area contributed by atoms with Crippen molar-refractivity contribution in [2.24, 2.45) is 0 Å². The smallest absolute Gasteiger partial charge is 0.462 e. The van der Waals surface area contributed by atoms with Crippen molar-refractivity contribution in [2.75, 3.05) is 20.3 Å². The minimum absolute atomic E-state index is 0.217. The average molecular weight is 795 g/mol. The van der Waals surface area contributed by atoms with E-state index in [2.05, 4.69) is 67.0 Å². The number of allylic oxidation sites excluding steroid dienone is 8. The first-order valence-corrected chi connectivity index (χ1v) is 23.8. The molecule has 2 unspecified atom stereocenters. The van der Waals surface area contributed by atoms with Crippen molar-refractivity contribution in [2.45, 2.75) is 213 Å². The van der Waals surface area contributed by atoms with Gasteiger partial charge in [-0.05, 0) is 51.4 Å². The fourth-order valence-corrected chi connectivity index (χ4v) is 6.64. The summed E-state index contributed by atoms with van der Waals surface area (Å²) in [4.78, 5) is 34.5. The number of rotatable bonds is 41. The molecule has 0 saturated carbocycles. The second-order valence-electron chi connectivity index (χ2n) is 14.8. The van der Waals surface area contributed by atoms with Crippen LogP contribution in [0, 0.1) is 0 Å². The van der Waals surface area contributed by atoms with Gasteiger partial charge in [0.15, 0.2) is 6.10 Å². The third-order valence-electron chi connectivity index (χ3n) is 9.59. The monoisotopic (exact) mass is 795 g/mol. The Morgan fingerprint density at radius 3 is 1.38 bits per heavy atom. The van der Waals surface area contributed by atoms with Gasteiger partial charge in [-0.2, -0.15) is 0 Å². The molecule has 0 saturated heterocycles. The first-order valence-electron chi connectivity index (χ1n) is 22.3. The van der Waals surface area contributed by atoms with E-state index in [-0.39, 0.29) is 25.4 Å². The van der Waals surface area contributed by atoms with Crippen LogP contribution in [0.15, 0.2) is 48.6 Å². The molecule has 55 heavy (non-hydrogen) atoms. The van der Waals surface area contributed by atoms with Crippen molar-refractivity contribution in [3.05, 3.63) is 48.6 Å². The summed E-state index contributed by atoms with van der Waals surface area (Å²) in [5.74, 6) is -0.826. The number of hydrogen-bond donors (Lipinski definition) is 1. The van der Waals surface area contributed by atoms with Crippen molar-refractivity contribution in [1.29, 1.82) is 0 Å². The van der Waals surface area contributed by atoms with E-state index in [1.54, 1.807) is 0 Å². The van der Waals surface area contributed by atoms with Gasteiger partial charge in [-0.3, -0.25) is 18.6 Å². The molecule has 2 atom stereocenters. The Kier molecular flexibility index (Phi) is 40.1. The summed E-state index contributed by atoms with van der Waals surface area (Å²) in [5.41, 5.74) is 0. The van der Waals surface area contributed by atoms with E-state index in [1.807, 2.05) is 0 Å². The van der Waals surface area contributed by atoms with E-state index in [4.69, 9.17) is 14.0 Å². The number of unbranched alkanes of at least 4 members (excludes halogenated alkanes) is 22. The standard InChI is InChI=1S/C46H83O8P/c1-4-6-8-10-12-14-16-18-20-22-23-25-26-28-30-32-34-36-38-40-45(47)52-42-44(43-53-55(49,50)51-3)54-46(48)41-39-37-35-33-31-29-27-24-21-19-17-15-13-11-9-7-5-2/h7,9,13,15,19,21,27,29,44H,4-6,8,10-12,14,16-18,20,22-26,28,30-43H2,1-3H3,(H,49,50)/b9-7-,15-13-,21-19-,29-27-. The zero-order chi connectivity index (χ0) is 40.3. The summed E-state index contributed by atoms with van der Waals surface area (Å²) in [6.45, 7) is 3.77. The molecule has 0 aromatic rings. The molecule has 0 spiro atoms. The van der Waals surface area contributed by atoms with E-state index < -0.39 is 26.5 Å². The Hall–Kier alpha value is -1.99. The highest BCUT2D eigenvalue weighted by Gasteiger charge is 2.24. The number of esters is 2. The van der Waals surface area contributed by atoms with Crippen LogP contribution in [0.3, 0.4) is 0 Å².